The van der Waals surface area contributed by atoms with Crippen LogP contribution < -0.4 is 0 Å². The quantitative estimate of drug-likeness (QED) is 0.847. The zero-order valence-electron chi connectivity index (χ0n) is 8.44. The normalized spacial score (nSPS) is 10.5. The SMILES string of the molecule is O=C(O)c1nnc(Cc2cccc(F)c2F)[nH]1. The number of aromatic amines is 1. The first-order valence-electron chi connectivity index (χ1n) is 4.65. The lowest BCUT2D eigenvalue weighted by molar-refractivity contribution is 0.0684. The summed E-state index contributed by atoms with van der Waals surface area (Å²) in [5.41, 5.74) is 0.0816. The third kappa shape index (κ3) is 2.27. The first-order chi connectivity index (χ1) is 8.08. The number of carboxylic acid groups (broad SMARTS) is 1. The molecule has 1 aromatic carbocycles. The van der Waals surface area contributed by atoms with E-state index >= 15 is 0 Å². The van der Waals surface area contributed by atoms with E-state index in [0.717, 1.165) is 6.07 Å². The van der Waals surface area contributed by atoms with Crippen LogP contribution in [0.3, 0.4) is 0 Å². The van der Waals surface area contributed by atoms with E-state index in [1.54, 1.807) is 0 Å². The van der Waals surface area contributed by atoms with E-state index in [-0.39, 0.29) is 23.6 Å². The zero-order chi connectivity index (χ0) is 12.4. The Balaban J connectivity index is 2.25. The fourth-order valence-corrected chi connectivity index (χ4v) is 1.34. The van der Waals surface area contributed by atoms with Crippen molar-refractivity contribution in [2.75, 3.05) is 0 Å². The molecule has 0 aliphatic carbocycles. The predicted molar refractivity (Wildman–Crippen MR) is 52.5 cm³/mol. The van der Waals surface area contributed by atoms with Gasteiger partial charge in [0.15, 0.2) is 11.6 Å². The van der Waals surface area contributed by atoms with Crippen molar-refractivity contribution in [3.05, 3.63) is 47.0 Å². The Morgan fingerprint density at radius 2 is 2.12 bits per heavy atom. The number of nitrogens with one attached hydrogen (secondary N) is 1. The summed E-state index contributed by atoms with van der Waals surface area (Å²) in [6, 6.07) is 3.76. The highest BCUT2D eigenvalue weighted by molar-refractivity contribution is 5.82. The Hall–Kier alpha value is -2.31. The van der Waals surface area contributed by atoms with Crippen LogP contribution in [0.1, 0.15) is 22.0 Å². The summed E-state index contributed by atoms with van der Waals surface area (Å²) >= 11 is 0. The largest absolute Gasteiger partial charge is 0.475 e. The molecule has 5 nitrogen and oxygen atoms in total. The minimum Gasteiger partial charge on any atom is -0.475 e. The van der Waals surface area contributed by atoms with Crippen LogP contribution in [0.25, 0.3) is 0 Å². The summed E-state index contributed by atoms with van der Waals surface area (Å²) in [7, 11) is 0. The van der Waals surface area contributed by atoms with Gasteiger partial charge in [-0.3, -0.25) is 0 Å². The molecule has 1 aromatic heterocycles. The molecular weight excluding hydrogens is 232 g/mol. The van der Waals surface area contributed by atoms with Crippen LogP contribution >= 0.6 is 0 Å². The van der Waals surface area contributed by atoms with Crippen molar-refractivity contribution < 1.29 is 18.7 Å². The Kier molecular flexibility index (Phi) is 2.82. The number of aromatic carboxylic acids is 1. The molecular formula is C10H7F2N3O2. The third-order valence-corrected chi connectivity index (χ3v) is 2.13. The van der Waals surface area contributed by atoms with Crippen LogP contribution in [-0.2, 0) is 6.42 Å². The molecule has 7 heteroatoms. The van der Waals surface area contributed by atoms with Gasteiger partial charge in [-0.1, -0.05) is 12.1 Å². The number of benzene rings is 1. The maximum Gasteiger partial charge on any atom is 0.373 e. The second kappa shape index (κ2) is 4.28. The van der Waals surface area contributed by atoms with Crippen molar-refractivity contribution in [3.8, 4) is 0 Å². The summed E-state index contributed by atoms with van der Waals surface area (Å²) in [5.74, 6) is -3.37. The van der Waals surface area contributed by atoms with Gasteiger partial charge >= 0.3 is 5.97 Å². The molecule has 0 atom stereocenters. The average Bonchev–Trinajstić information content (AvgIpc) is 2.73. The molecule has 0 aliphatic heterocycles. The highest BCUT2D eigenvalue weighted by Gasteiger charge is 2.13. The van der Waals surface area contributed by atoms with Crippen molar-refractivity contribution in [3.63, 3.8) is 0 Å². The number of halogens is 2. The van der Waals surface area contributed by atoms with Gasteiger partial charge in [-0.05, 0) is 11.6 Å². The Bertz CT molecular complexity index is 568. The van der Waals surface area contributed by atoms with Crippen LogP contribution in [-0.4, -0.2) is 26.3 Å². The molecule has 2 aromatic rings. The first kappa shape index (κ1) is 11.2. The fraction of sp³-hybridized carbons (Fsp3) is 0.100. The molecule has 0 amide bonds. The number of aromatic nitrogens is 3. The standard InChI is InChI=1S/C10H7F2N3O2/c11-6-3-1-2-5(8(6)12)4-7-13-9(10(16)17)15-14-7/h1-3H,4H2,(H,16,17)(H,13,14,15). The summed E-state index contributed by atoms with van der Waals surface area (Å²) in [5, 5.41) is 15.5. The lowest BCUT2D eigenvalue weighted by Gasteiger charge is -2.00. The van der Waals surface area contributed by atoms with Crippen molar-refractivity contribution in [1.82, 2.24) is 15.2 Å². The molecule has 0 fully saturated rings. The molecule has 0 saturated heterocycles. The molecule has 0 radical (unpaired) electrons. The van der Waals surface area contributed by atoms with Gasteiger partial charge < -0.3 is 10.1 Å². The maximum atomic E-state index is 13.3. The topological polar surface area (TPSA) is 78.9 Å². The van der Waals surface area contributed by atoms with Gasteiger partial charge in [-0.15, -0.1) is 10.2 Å². The second-order valence-electron chi connectivity index (χ2n) is 3.32. The Labute approximate surface area is 94.1 Å². The molecule has 1 heterocycles. The second-order valence-corrected chi connectivity index (χ2v) is 3.32. The number of carboxylic acids is 1. The number of rotatable bonds is 3. The summed E-state index contributed by atoms with van der Waals surface area (Å²) in [6.07, 6.45) is -0.0517. The Morgan fingerprint density at radius 3 is 2.76 bits per heavy atom. The van der Waals surface area contributed by atoms with Gasteiger partial charge in [0, 0.05) is 6.42 Å². The van der Waals surface area contributed by atoms with E-state index in [1.807, 2.05) is 0 Å². The van der Waals surface area contributed by atoms with Crippen LogP contribution in [0.5, 0.6) is 0 Å². The predicted octanol–water partition coefficient (Wildman–Crippen LogP) is 1.37. The number of hydrogen-bond donors (Lipinski definition) is 2. The van der Waals surface area contributed by atoms with Gasteiger partial charge in [-0.2, -0.15) is 0 Å². The van der Waals surface area contributed by atoms with Crippen LogP contribution in [0.2, 0.25) is 0 Å². The number of carbonyl (C=O) groups is 1. The fourth-order valence-electron chi connectivity index (χ4n) is 1.34. The van der Waals surface area contributed by atoms with Gasteiger partial charge in [0.1, 0.15) is 5.82 Å². The third-order valence-electron chi connectivity index (χ3n) is 2.13. The number of H-pyrrole nitrogens is 1. The molecule has 0 spiro atoms. The summed E-state index contributed by atoms with van der Waals surface area (Å²) < 4.78 is 26.2. The molecule has 0 unspecified atom stereocenters. The molecule has 0 saturated carbocycles. The van der Waals surface area contributed by atoms with E-state index in [4.69, 9.17) is 5.11 Å². The summed E-state index contributed by atoms with van der Waals surface area (Å²) in [4.78, 5) is 12.9. The molecule has 88 valence electrons. The van der Waals surface area contributed by atoms with E-state index in [2.05, 4.69) is 15.2 Å². The highest BCUT2D eigenvalue weighted by Crippen LogP contribution is 2.14. The lowest BCUT2D eigenvalue weighted by Crippen LogP contribution is -2.00. The average molecular weight is 239 g/mol. The minimum atomic E-state index is -1.26. The number of hydrogen-bond acceptors (Lipinski definition) is 3. The smallest absolute Gasteiger partial charge is 0.373 e. The molecule has 0 bridgehead atoms. The van der Waals surface area contributed by atoms with Crippen LogP contribution in [0.15, 0.2) is 18.2 Å². The molecule has 17 heavy (non-hydrogen) atoms. The summed E-state index contributed by atoms with van der Waals surface area (Å²) in [6.45, 7) is 0. The van der Waals surface area contributed by atoms with Crippen LogP contribution in [0.4, 0.5) is 8.78 Å². The van der Waals surface area contributed by atoms with Crippen molar-refractivity contribution in [1.29, 1.82) is 0 Å². The Morgan fingerprint density at radius 1 is 1.35 bits per heavy atom. The molecule has 2 N–H and O–H groups in total. The van der Waals surface area contributed by atoms with E-state index in [9.17, 15) is 13.6 Å². The lowest BCUT2D eigenvalue weighted by atomic mass is 10.1. The minimum absolute atomic E-state index is 0.0517. The number of nitrogens with zero attached hydrogens (tertiary/aromatic N) is 2. The van der Waals surface area contributed by atoms with Gasteiger partial charge in [0.05, 0.1) is 0 Å². The van der Waals surface area contributed by atoms with E-state index < -0.39 is 17.6 Å². The first-order valence-corrected chi connectivity index (χ1v) is 4.65. The van der Waals surface area contributed by atoms with Gasteiger partial charge in [0.25, 0.3) is 0 Å². The van der Waals surface area contributed by atoms with Crippen molar-refractivity contribution >= 4 is 5.97 Å². The highest BCUT2D eigenvalue weighted by atomic mass is 19.2. The van der Waals surface area contributed by atoms with Crippen molar-refractivity contribution in [2.24, 2.45) is 0 Å². The van der Waals surface area contributed by atoms with Gasteiger partial charge in [-0.25, -0.2) is 13.6 Å². The maximum absolute atomic E-state index is 13.3. The van der Waals surface area contributed by atoms with E-state index in [1.165, 1.54) is 12.1 Å². The van der Waals surface area contributed by atoms with Crippen molar-refractivity contribution in [2.45, 2.75) is 6.42 Å². The van der Waals surface area contributed by atoms with E-state index in [0.29, 0.717) is 0 Å². The van der Waals surface area contributed by atoms with Crippen LogP contribution in [0, 0.1) is 11.6 Å². The monoisotopic (exact) mass is 239 g/mol. The molecule has 0 aliphatic rings. The molecule has 2 rings (SSSR count). The van der Waals surface area contributed by atoms with Gasteiger partial charge in [0.2, 0.25) is 5.82 Å². The zero-order valence-corrected chi connectivity index (χ0v) is 8.44.